The molecule has 3 aromatic rings. The first-order valence-corrected chi connectivity index (χ1v) is 13.2. The van der Waals surface area contributed by atoms with Crippen LogP contribution in [0.3, 0.4) is 0 Å². The summed E-state index contributed by atoms with van der Waals surface area (Å²) >= 11 is 3.25. The molecular formula is C25H28N4O2S2. The molecule has 0 fully saturated rings. The van der Waals surface area contributed by atoms with Gasteiger partial charge in [0.15, 0.2) is 5.69 Å². The molecule has 0 bridgehead atoms. The van der Waals surface area contributed by atoms with Gasteiger partial charge in [-0.05, 0) is 50.3 Å². The Morgan fingerprint density at radius 2 is 1.91 bits per heavy atom. The highest BCUT2D eigenvalue weighted by Crippen LogP contribution is 2.45. The molecule has 0 radical (unpaired) electrons. The second kappa shape index (κ2) is 10.1. The van der Waals surface area contributed by atoms with Gasteiger partial charge in [-0.25, -0.2) is 0 Å². The third-order valence-corrected chi connectivity index (χ3v) is 7.17. The van der Waals surface area contributed by atoms with E-state index in [1.165, 1.54) is 0 Å². The molecule has 0 saturated heterocycles. The third-order valence-electron chi connectivity index (χ3n) is 5.50. The number of rotatable bonds is 6. The van der Waals surface area contributed by atoms with E-state index in [0.717, 1.165) is 51.4 Å². The van der Waals surface area contributed by atoms with Crippen LogP contribution >= 0.6 is 23.5 Å². The Balaban J connectivity index is 1.90. The molecule has 0 N–H and O–H groups in total. The van der Waals surface area contributed by atoms with Gasteiger partial charge in [0.2, 0.25) is 23.2 Å². The van der Waals surface area contributed by atoms with Crippen molar-refractivity contribution in [1.82, 2.24) is 15.2 Å². The van der Waals surface area contributed by atoms with E-state index in [0.29, 0.717) is 16.7 Å². The molecule has 1 aliphatic rings. The predicted molar refractivity (Wildman–Crippen MR) is 135 cm³/mol. The number of unbranched alkanes of at least 4 members (excludes halogenated alkanes) is 1. The number of anilines is 1. The SMILES string of the molecule is CCCCSc1nnc2c(n1)O[C@H](c1ccc(SC)cc1)N(C(C)=O)c1c(C)cc(C)cc1-2. The minimum absolute atomic E-state index is 0.111. The summed E-state index contributed by atoms with van der Waals surface area (Å²) in [5, 5.41) is 9.49. The maximum atomic E-state index is 13.0. The molecule has 0 aliphatic carbocycles. The zero-order valence-corrected chi connectivity index (χ0v) is 21.2. The standard InChI is InChI=1S/C25H28N4O2S2/c1-6-7-12-33-25-26-23-21(27-28-25)20-14-15(2)13-16(3)22(20)29(17(4)30)24(31-23)18-8-10-19(32-5)11-9-18/h8-11,13-14,24H,6-7,12H2,1-5H3/t24-/m1/s1. The van der Waals surface area contributed by atoms with Gasteiger partial charge in [0, 0.05) is 28.7 Å². The first kappa shape index (κ1) is 23.6. The molecule has 1 amide bonds. The molecule has 0 saturated carbocycles. The average molecular weight is 481 g/mol. The Hall–Kier alpha value is -2.58. The molecule has 1 aromatic heterocycles. The number of fused-ring (bicyclic) bond motifs is 3. The number of carbonyl (C=O) groups is 1. The predicted octanol–water partition coefficient (Wildman–Crippen LogP) is 6.21. The minimum Gasteiger partial charge on any atom is -0.447 e. The van der Waals surface area contributed by atoms with E-state index in [-0.39, 0.29) is 5.91 Å². The van der Waals surface area contributed by atoms with Gasteiger partial charge < -0.3 is 4.74 Å². The van der Waals surface area contributed by atoms with Crippen molar-refractivity contribution >= 4 is 35.1 Å². The van der Waals surface area contributed by atoms with Crippen molar-refractivity contribution in [1.29, 1.82) is 0 Å². The summed E-state index contributed by atoms with van der Waals surface area (Å²) in [5.41, 5.74) is 5.09. The van der Waals surface area contributed by atoms with E-state index in [1.54, 1.807) is 35.3 Å². The van der Waals surface area contributed by atoms with Crippen LogP contribution < -0.4 is 9.64 Å². The summed E-state index contributed by atoms with van der Waals surface area (Å²) in [6.45, 7) is 7.77. The molecule has 1 aliphatic heterocycles. The number of nitrogens with zero attached hydrogens (tertiary/aromatic N) is 4. The molecule has 0 unspecified atom stereocenters. The lowest BCUT2D eigenvalue weighted by Crippen LogP contribution is -2.36. The summed E-state index contributed by atoms with van der Waals surface area (Å²) in [6.07, 6.45) is 3.56. The van der Waals surface area contributed by atoms with Gasteiger partial charge in [-0.2, -0.15) is 4.98 Å². The summed E-state index contributed by atoms with van der Waals surface area (Å²) in [6, 6.07) is 12.2. The van der Waals surface area contributed by atoms with Gasteiger partial charge in [-0.15, -0.1) is 22.0 Å². The van der Waals surface area contributed by atoms with E-state index in [4.69, 9.17) is 9.72 Å². The number of ether oxygens (including phenoxy) is 1. The van der Waals surface area contributed by atoms with Crippen LogP contribution in [-0.4, -0.2) is 33.1 Å². The van der Waals surface area contributed by atoms with E-state index in [9.17, 15) is 4.79 Å². The van der Waals surface area contributed by atoms with E-state index in [1.807, 2.05) is 50.4 Å². The highest BCUT2D eigenvalue weighted by atomic mass is 32.2. The number of thioether (sulfide) groups is 2. The first-order chi connectivity index (χ1) is 15.9. The van der Waals surface area contributed by atoms with Gasteiger partial charge in [0.1, 0.15) is 0 Å². The number of hydrogen-bond donors (Lipinski definition) is 0. The number of amides is 1. The van der Waals surface area contributed by atoms with Crippen molar-refractivity contribution in [3.63, 3.8) is 0 Å². The van der Waals surface area contributed by atoms with Crippen LogP contribution in [0.15, 0.2) is 46.5 Å². The van der Waals surface area contributed by atoms with Crippen molar-refractivity contribution < 1.29 is 9.53 Å². The molecule has 2 heterocycles. The number of aromatic nitrogens is 3. The molecule has 33 heavy (non-hydrogen) atoms. The molecule has 4 rings (SSSR count). The fourth-order valence-corrected chi connectivity index (χ4v) is 5.23. The third kappa shape index (κ3) is 4.87. The zero-order chi connectivity index (χ0) is 23.5. The van der Waals surface area contributed by atoms with Crippen molar-refractivity contribution in [2.24, 2.45) is 0 Å². The second-order valence-corrected chi connectivity index (χ2v) is 10.0. The molecule has 2 aromatic carbocycles. The van der Waals surface area contributed by atoms with Crippen molar-refractivity contribution in [3.05, 3.63) is 53.1 Å². The topological polar surface area (TPSA) is 68.2 Å². The van der Waals surface area contributed by atoms with Gasteiger partial charge in [0.25, 0.3) is 0 Å². The molecule has 172 valence electrons. The lowest BCUT2D eigenvalue weighted by Gasteiger charge is -2.31. The highest BCUT2D eigenvalue weighted by molar-refractivity contribution is 7.99. The zero-order valence-electron chi connectivity index (χ0n) is 19.6. The minimum atomic E-state index is -0.662. The van der Waals surface area contributed by atoms with E-state index >= 15 is 0 Å². The van der Waals surface area contributed by atoms with Crippen LogP contribution in [-0.2, 0) is 4.79 Å². The fourth-order valence-electron chi connectivity index (χ4n) is 3.96. The van der Waals surface area contributed by atoms with Crippen LogP contribution in [0.4, 0.5) is 5.69 Å². The van der Waals surface area contributed by atoms with Crippen LogP contribution in [0, 0.1) is 13.8 Å². The Labute approximate surface area is 203 Å². The molecule has 6 nitrogen and oxygen atoms in total. The average Bonchev–Trinajstić information content (AvgIpc) is 2.94. The van der Waals surface area contributed by atoms with Crippen molar-refractivity contribution in [3.8, 4) is 17.1 Å². The first-order valence-electron chi connectivity index (χ1n) is 11.0. The maximum Gasteiger partial charge on any atom is 0.247 e. The molecular weight excluding hydrogens is 452 g/mol. The summed E-state index contributed by atoms with van der Waals surface area (Å²) in [5.74, 6) is 1.21. The normalized spacial score (nSPS) is 14.8. The highest BCUT2D eigenvalue weighted by Gasteiger charge is 2.35. The van der Waals surface area contributed by atoms with Crippen LogP contribution in [0.1, 0.15) is 49.6 Å². The molecule has 0 spiro atoms. The number of carbonyl (C=O) groups excluding carboxylic acids is 1. The quantitative estimate of drug-likeness (QED) is 0.307. The van der Waals surface area contributed by atoms with Crippen molar-refractivity contribution in [2.75, 3.05) is 16.9 Å². The monoisotopic (exact) mass is 480 g/mol. The summed E-state index contributed by atoms with van der Waals surface area (Å²) in [4.78, 5) is 20.6. The van der Waals surface area contributed by atoms with Gasteiger partial charge in [-0.1, -0.05) is 48.9 Å². The van der Waals surface area contributed by atoms with Gasteiger partial charge in [0.05, 0.1) is 5.69 Å². The number of benzene rings is 2. The lowest BCUT2D eigenvalue weighted by atomic mass is 10.00. The van der Waals surface area contributed by atoms with Gasteiger partial charge >= 0.3 is 0 Å². The molecule has 8 heteroatoms. The smallest absolute Gasteiger partial charge is 0.247 e. The Morgan fingerprint density at radius 1 is 1.15 bits per heavy atom. The Bertz CT molecular complexity index is 1170. The van der Waals surface area contributed by atoms with E-state index < -0.39 is 6.23 Å². The Morgan fingerprint density at radius 3 is 2.58 bits per heavy atom. The van der Waals surface area contributed by atoms with Crippen LogP contribution in [0.25, 0.3) is 11.3 Å². The number of hydrogen-bond acceptors (Lipinski definition) is 7. The molecule has 1 atom stereocenters. The fraction of sp³-hybridized carbons (Fsp3) is 0.360. The van der Waals surface area contributed by atoms with Gasteiger partial charge in [-0.3, -0.25) is 9.69 Å². The summed E-state index contributed by atoms with van der Waals surface area (Å²) < 4.78 is 6.49. The van der Waals surface area contributed by atoms with E-state index in [2.05, 4.69) is 23.2 Å². The lowest BCUT2D eigenvalue weighted by molar-refractivity contribution is -0.118. The van der Waals surface area contributed by atoms with Crippen LogP contribution in [0.2, 0.25) is 0 Å². The number of aryl methyl sites for hydroxylation is 2. The Kier molecular flexibility index (Phi) is 7.24. The largest absolute Gasteiger partial charge is 0.447 e. The second-order valence-electron chi connectivity index (χ2n) is 8.06. The maximum absolute atomic E-state index is 13.0. The van der Waals surface area contributed by atoms with Crippen LogP contribution in [0.5, 0.6) is 5.88 Å². The summed E-state index contributed by atoms with van der Waals surface area (Å²) in [7, 11) is 0. The van der Waals surface area contributed by atoms with Crippen molar-refractivity contribution in [2.45, 2.75) is 56.8 Å².